The molecule has 108 valence electrons. The van der Waals surface area contributed by atoms with Crippen LogP contribution in [0.4, 0.5) is 0 Å². The first kappa shape index (κ1) is 14.4. The van der Waals surface area contributed by atoms with Crippen LogP contribution in [-0.4, -0.2) is 64.4 Å². The zero-order valence-electron chi connectivity index (χ0n) is 11.9. The quantitative estimate of drug-likeness (QED) is 0.819. The molecule has 6 heteroatoms. The van der Waals surface area contributed by atoms with E-state index in [1.54, 1.807) is 0 Å². The van der Waals surface area contributed by atoms with Crippen LogP contribution in [-0.2, 0) is 6.42 Å². The molecule has 1 saturated heterocycles. The van der Waals surface area contributed by atoms with E-state index >= 15 is 0 Å². The highest BCUT2D eigenvalue weighted by atomic mass is 16.5. The summed E-state index contributed by atoms with van der Waals surface area (Å²) in [5.74, 6) is 1.53. The van der Waals surface area contributed by atoms with Gasteiger partial charge in [0.25, 0.3) is 0 Å². The lowest BCUT2D eigenvalue weighted by molar-refractivity contribution is 0.0776. The van der Waals surface area contributed by atoms with Crippen molar-refractivity contribution in [2.24, 2.45) is 0 Å². The summed E-state index contributed by atoms with van der Waals surface area (Å²) in [6.07, 6.45) is 1.91. The minimum absolute atomic E-state index is 0.175. The molecule has 1 fully saturated rings. The molecular formula is C13H24N4O2. The van der Waals surface area contributed by atoms with Crippen LogP contribution in [0.25, 0.3) is 0 Å². The second kappa shape index (κ2) is 6.98. The third-order valence-electron chi connectivity index (χ3n) is 3.69. The largest absolute Gasteiger partial charge is 0.395 e. The summed E-state index contributed by atoms with van der Waals surface area (Å²) in [6.45, 7) is 9.16. The number of piperazine rings is 1. The molecule has 6 nitrogen and oxygen atoms in total. The van der Waals surface area contributed by atoms with Gasteiger partial charge in [-0.2, -0.15) is 4.98 Å². The maximum Gasteiger partial charge on any atom is 0.243 e. The van der Waals surface area contributed by atoms with Crippen molar-refractivity contribution in [1.29, 1.82) is 0 Å². The number of nitrogens with zero attached hydrogens (tertiary/aromatic N) is 4. The van der Waals surface area contributed by atoms with Crippen LogP contribution in [0.15, 0.2) is 4.52 Å². The highest BCUT2D eigenvalue weighted by molar-refractivity contribution is 4.93. The molecule has 2 rings (SSSR count). The van der Waals surface area contributed by atoms with Gasteiger partial charge in [-0.15, -0.1) is 0 Å². The van der Waals surface area contributed by atoms with Gasteiger partial charge < -0.3 is 9.63 Å². The summed E-state index contributed by atoms with van der Waals surface area (Å²) in [7, 11) is 0. The van der Waals surface area contributed by atoms with Gasteiger partial charge in [-0.05, 0) is 13.3 Å². The van der Waals surface area contributed by atoms with Crippen molar-refractivity contribution < 1.29 is 9.63 Å². The Balaban J connectivity index is 1.87. The molecule has 19 heavy (non-hydrogen) atoms. The molecule has 0 unspecified atom stereocenters. The zero-order chi connectivity index (χ0) is 13.7. The van der Waals surface area contributed by atoms with Gasteiger partial charge in [0.2, 0.25) is 5.89 Å². The summed E-state index contributed by atoms with van der Waals surface area (Å²) < 4.78 is 5.35. The minimum atomic E-state index is 0.175. The minimum Gasteiger partial charge on any atom is -0.395 e. The third-order valence-corrected chi connectivity index (χ3v) is 3.69. The van der Waals surface area contributed by atoms with Crippen molar-refractivity contribution in [2.75, 3.05) is 39.3 Å². The standard InChI is InChI=1S/C13H24N4O2/c1-3-4-12-14-13(19-15-12)11(2)17-7-5-16(6-8-17)9-10-18/h11,18H,3-10H2,1-2H3/t11-/m1/s1. The lowest BCUT2D eigenvalue weighted by Crippen LogP contribution is -2.47. The summed E-state index contributed by atoms with van der Waals surface area (Å²) in [5, 5.41) is 12.9. The van der Waals surface area contributed by atoms with Gasteiger partial charge in [-0.1, -0.05) is 12.1 Å². The predicted molar refractivity (Wildman–Crippen MR) is 71.8 cm³/mol. The number of rotatable bonds is 6. The van der Waals surface area contributed by atoms with Crippen LogP contribution in [0, 0.1) is 0 Å². The number of aliphatic hydroxyl groups is 1. The van der Waals surface area contributed by atoms with Crippen LogP contribution in [0.3, 0.4) is 0 Å². The van der Waals surface area contributed by atoms with Gasteiger partial charge >= 0.3 is 0 Å². The fourth-order valence-corrected chi connectivity index (χ4v) is 2.43. The first-order valence-corrected chi connectivity index (χ1v) is 7.14. The van der Waals surface area contributed by atoms with Crippen molar-refractivity contribution in [3.05, 3.63) is 11.7 Å². The molecule has 1 aromatic rings. The molecule has 0 saturated carbocycles. The van der Waals surface area contributed by atoms with E-state index in [9.17, 15) is 0 Å². The maximum absolute atomic E-state index is 8.94. The van der Waals surface area contributed by atoms with Gasteiger partial charge in [-0.25, -0.2) is 0 Å². The van der Waals surface area contributed by atoms with Crippen LogP contribution in [0.1, 0.15) is 38.0 Å². The van der Waals surface area contributed by atoms with Crippen molar-refractivity contribution in [2.45, 2.75) is 32.7 Å². The zero-order valence-corrected chi connectivity index (χ0v) is 11.9. The average Bonchev–Trinajstić information content (AvgIpc) is 2.88. The fourth-order valence-electron chi connectivity index (χ4n) is 2.43. The maximum atomic E-state index is 8.94. The Bertz CT molecular complexity index is 374. The SMILES string of the molecule is CCCc1noc([C@@H](C)N2CCN(CCO)CC2)n1. The van der Waals surface area contributed by atoms with Crippen LogP contribution in [0.2, 0.25) is 0 Å². The number of aromatic nitrogens is 2. The lowest BCUT2D eigenvalue weighted by atomic mass is 10.2. The Morgan fingerprint density at radius 2 is 2.05 bits per heavy atom. The average molecular weight is 268 g/mol. The molecule has 1 N–H and O–H groups in total. The van der Waals surface area contributed by atoms with Crippen molar-refractivity contribution >= 4 is 0 Å². The molecule has 1 aliphatic heterocycles. The molecular weight excluding hydrogens is 244 g/mol. The molecule has 0 radical (unpaired) electrons. The Labute approximate surface area is 114 Å². The van der Waals surface area contributed by atoms with E-state index in [-0.39, 0.29) is 12.6 Å². The Morgan fingerprint density at radius 1 is 1.32 bits per heavy atom. The summed E-state index contributed by atoms with van der Waals surface area (Å²) in [4.78, 5) is 9.09. The Hall–Kier alpha value is -0.980. The molecule has 0 amide bonds. The topological polar surface area (TPSA) is 65.6 Å². The molecule has 0 aliphatic carbocycles. The molecule has 2 heterocycles. The number of aryl methyl sites for hydroxylation is 1. The normalized spacial score (nSPS) is 19.7. The van der Waals surface area contributed by atoms with Crippen molar-refractivity contribution in [3.8, 4) is 0 Å². The van der Waals surface area contributed by atoms with Gasteiger partial charge in [0.05, 0.1) is 12.6 Å². The number of hydrogen-bond donors (Lipinski definition) is 1. The van der Waals surface area contributed by atoms with Crippen LogP contribution < -0.4 is 0 Å². The first-order chi connectivity index (χ1) is 9.24. The number of hydrogen-bond acceptors (Lipinski definition) is 6. The second-order valence-electron chi connectivity index (χ2n) is 5.08. The smallest absolute Gasteiger partial charge is 0.243 e. The lowest BCUT2D eigenvalue weighted by Gasteiger charge is -2.36. The fraction of sp³-hybridized carbons (Fsp3) is 0.846. The van der Waals surface area contributed by atoms with Crippen LogP contribution in [0.5, 0.6) is 0 Å². The van der Waals surface area contributed by atoms with Gasteiger partial charge in [-0.3, -0.25) is 9.80 Å². The first-order valence-electron chi connectivity index (χ1n) is 7.14. The highest BCUT2D eigenvalue weighted by Crippen LogP contribution is 2.20. The molecule has 0 bridgehead atoms. The van der Waals surface area contributed by atoms with E-state index in [0.717, 1.165) is 57.3 Å². The van der Waals surface area contributed by atoms with Crippen LogP contribution >= 0.6 is 0 Å². The summed E-state index contributed by atoms with van der Waals surface area (Å²) >= 11 is 0. The van der Waals surface area contributed by atoms with E-state index in [1.165, 1.54) is 0 Å². The molecule has 1 aliphatic rings. The van der Waals surface area contributed by atoms with E-state index < -0.39 is 0 Å². The van der Waals surface area contributed by atoms with E-state index in [1.807, 2.05) is 0 Å². The third kappa shape index (κ3) is 3.75. The Kier molecular flexibility index (Phi) is 5.30. The van der Waals surface area contributed by atoms with Gasteiger partial charge in [0.15, 0.2) is 5.82 Å². The monoisotopic (exact) mass is 268 g/mol. The van der Waals surface area contributed by atoms with Gasteiger partial charge in [0.1, 0.15) is 0 Å². The molecule has 0 aromatic carbocycles. The Morgan fingerprint density at radius 3 is 2.68 bits per heavy atom. The molecule has 1 aromatic heterocycles. The van der Waals surface area contributed by atoms with E-state index in [0.29, 0.717) is 0 Å². The molecule has 1 atom stereocenters. The number of β-amino-alcohol motifs (C(OH)–C–C–N with tert-alkyl or cyclic N) is 1. The molecule has 0 spiro atoms. The van der Waals surface area contributed by atoms with Crippen molar-refractivity contribution in [3.63, 3.8) is 0 Å². The van der Waals surface area contributed by atoms with E-state index in [2.05, 4.69) is 33.8 Å². The van der Waals surface area contributed by atoms with Gasteiger partial charge in [0, 0.05) is 39.1 Å². The van der Waals surface area contributed by atoms with Crippen molar-refractivity contribution in [1.82, 2.24) is 19.9 Å². The highest BCUT2D eigenvalue weighted by Gasteiger charge is 2.25. The number of aliphatic hydroxyl groups excluding tert-OH is 1. The summed E-state index contributed by atoms with van der Waals surface area (Å²) in [6, 6.07) is 0.175. The predicted octanol–water partition coefficient (Wildman–Crippen LogP) is 0.693. The van der Waals surface area contributed by atoms with E-state index in [4.69, 9.17) is 9.63 Å². The second-order valence-corrected chi connectivity index (χ2v) is 5.08. The summed E-state index contributed by atoms with van der Waals surface area (Å²) in [5.41, 5.74) is 0.